The van der Waals surface area contributed by atoms with Crippen molar-refractivity contribution < 1.29 is 0 Å². The van der Waals surface area contributed by atoms with Crippen LogP contribution < -0.4 is 5.56 Å². The lowest BCUT2D eigenvalue weighted by molar-refractivity contribution is 0.700. The van der Waals surface area contributed by atoms with Crippen LogP contribution in [0, 0.1) is 6.92 Å². The molecule has 0 bridgehead atoms. The molecule has 0 radical (unpaired) electrons. The lowest BCUT2D eigenvalue weighted by Gasteiger charge is -2.09. The van der Waals surface area contributed by atoms with Gasteiger partial charge in [-0.2, -0.15) is 0 Å². The zero-order valence-corrected chi connectivity index (χ0v) is 16.7. The molecular formula is C21H19N3OS2. The van der Waals surface area contributed by atoms with Crippen molar-refractivity contribution >= 4 is 44.2 Å². The van der Waals surface area contributed by atoms with E-state index in [1.54, 1.807) is 23.1 Å². The predicted octanol–water partition coefficient (Wildman–Crippen LogP) is 5.01. The standard InChI is InChI=1S/C21H19N3OS2/c1-12-10-18(22-15-8-4-2-6-13(12)15)26-11-17-23-20(25)19-14-7-3-5-9-16(14)27-21(19)24-17/h2,4,6,8,10H,3,5,7,9,11H2,1H3,(H,23,24,25). The molecule has 0 saturated heterocycles. The van der Waals surface area contributed by atoms with Crippen LogP contribution in [0.1, 0.15) is 34.7 Å². The second kappa shape index (κ2) is 6.77. The number of rotatable bonds is 3. The smallest absolute Gasteiger partial charge is 0.259 e. The molecule has 3 aromatic heterocycles. The molecule has 0 aliphatic heterocycles. The maximum Gasteiger partial charge on any atom is 0.259 e. The minimum atomic E-state index is 0.0117. The van der Waals surface area contributed by atoms with E-state index in [-0.39, 0.29) is 5.56 Å². The highest BCUT2D eigenvalue weighted by Gasteiger charge is 2.19. The Morgan fingerprint density at radius 1 is 1.19 bits per heavy atom. The Morgan fingerprint density at radius 3 is 2.96 bits per heavy atom. The first kappa shape index (κ1) is 17.0. The lowest BCUT2D eigenvalue weighted by Crippen LogP contribution is -2.12. The average molecular weight is 394 g/mol. The number of benzene rings is 1. The summed E-state index contributed by atoms with van der Waals surface area (Å²) in [4.78, 5) is 27.4. The maximum atomic E-state index is 12.7. The second-order valence-electron chi connectivity index (χ2n) is 6.99. The van der Waals surface area contributed by atoms with Crippen LogP contribution in [-0.2, 0) is 18.6 Å². The number of hydrogen-bond acceptors (Lipinski definition) is 5. The van der Waals surface area contributed by atoms with Gasteiger partial charge >= 0.3 is 0 Å². The van der Waals surface area contributed by atoms with Crippen molar-refractivity contribution in [3.8, 4) is 0 Å². The number of fused-ring (bicyclic) bond motifs is 4. The SMILES string of the molecule is Cc1cc(SCc2nc3sc4c(c3c(=O)[nH]2)CCCC4)nc2ccccc12. The van der Waals surface area contributed by atoms with E-state index in [0.717, 1.165) is 39.4 Å². The van der Waals surface area contributed by atoms with E-state index in [0.29, 0.717) is 5.75 Å². The normalized spacial score (nSPS) is 14.0. The number of thioether (sulfide) groups is 1. The Hall–Kier alpha value is -2.18. The highest BCUT2D eigenvalue weighted by atomic mass is 32.2. The Balaban J connectivity index is 1.46. The summed E-state index contributed by atoms with van der Waals surface area (Å²) in [5.74, 6) is 1.34. The summed E-state index contributed by atoms with van der Waals surface area (Å²) in [7, 11) is 0. The number of para-hydroxylation sites is 1. The van der Waals surface area contributed by atoms with Crippen molar-refractivity contribution in [1.29, 1.82) is 0 Å². The van der Waals surface area contributed by atoms with Crippen LogP contribution in [0.15, 0.2) is 40.2 Å². The van der Waals surface area contributed by atoms with Gasteiger partial charge in [0.2, 0.25) is 0 Å². The first-order chi connectivity index (χ1) is 13.2. The van der Waals surface area contributed by atoms with Gasteiger partial charge in [-0.3, -0.25) is 4.79 Å². The number of pyridine rings is 1. The summed E-state index contributed by atoms with van der Waals surface area (Å²) >= 11 is 3.31. The quantitative estimate of drug-likeness (QED) is 0.497. The Bertz CT molecular complexity index is 1230. The molecule has 1 aliphatic rings. The number of aromatic nitrogens is 3. The van der Waals surface area contributed by atoms with Gasteiger partial charge in [-0.05, 0) is 55.9 Å². The molecule has 0 saturated carbocycles. The molecule has 0 spiro atoms. The fourth-order valence-electron chi connectivity index (χ4n) is 3.81. The third-order valence-electron chi connectivity index (χ3n) is 5.13. The molecule has 4 aromatic rings. The first-order valence-electron chi connectivity index (χ1n) is 9.21. The van der Waals surface area contributed by atoms with E-state index < -0.39 is 0 Å². The fourth-order valence-corrected chi connectivity index (χ4v) is 5.94. The second-order valence-corrected chi connectivity index (χ2v) is 9.07. The summed E-state index contributed by atoms with van der Waals surface area (Å²) in [6, 6.07) is 10.3. The van der Waals surface area contributed by atoms with Crippen LogP contribution in [0.3, 0.4) is 0 Å². The fraction of sp³-hybridized carbons (Fsp3) is 0.286. The zero-order valence-electron chi connectivity index (χ0n) is 15.0. The molecule has 136 valence electrons. The van der Waals surface area contributed by atoms with Crippen molar-refractivity contribution in [1.82, 2.24) is 15.0 Å². The van der Waals surface area contributed by atoms with Crippen LogP contribution in [0.5, 0.6) is 0 Å². The van der Waals surface area contributed by atoms with Gasteiger partial charge in [0.05, 0.1) is 21.7 Å². The number of aromatic amines is 1. The average Bonchev–Trinajstić information content (AvgIpc) is 3.05. The summed E-state index contributed by atoms with van der Waals surface area (Å²) in [5.41, 5.74) is 3.47. The van der Waals surface area contributed by atoms with E-state index in [4.69, 9.17) is 9.97 Å². The van der Waals surface area contributed by atoms with E-state index in [2.05, 4.69) is 24.0 Å². The van der Waals surface area contributed by atoms with Crippen LogP contribution in [0.25, 0.3) is 21.1 Å². The number of aryl methyl sites for hydroxylation is 3. The molecule has 4 nitrogen and oxygen atoms in total. The minimum Gasteiger partial charge on any atom is -0.309 e. The van der Waals surface area contributed by atoms with Gasteiger partial charge in [0.25, 0.3) is 5.56 Å². The van der Waals surface area contributed by atoms with E-state index >= 15 is 0 Å². The summed E-state index contributed by atoms with van der Waals surface area (Å²) in [6.07, 6.45) is 4.48. The van der Waals surface area contributed by atoms with Gasteiger partial charge < -0.3 is 4.98 Å². The Labute approximate surface area is 165 Å². The first-order valence-corrected chi connectivity index (χ1v) is 11.0. The van der Waals surface area contributed by atoms with Gasteiger partial charge in [-0.1, -0.05) is 30.0 Å². The number of thiophene rings is 1. The molecule has 27 heavy (non-hydrogen) atoms. The molecule has 1 N–H and O–H groups in total. The van der Waals surface area contributed by atoms with Crippen LogP contribution in [0.2, 0.25) is 0 Å². The third kappa shape index (κ3) is 3.07. The van der Waals surface area contributed by atoms with Crippen molar-refractivity contribution in [2.45, 2.75) is 43.4 Å². The van der Waals surface area contributed by atoms with Gasteiger partial charge in [0.15, 0.2) is 0 Å². The summed E-state index contributed by atoms with van der Waals surface area (Å²) in [6.45, 7) is 2.11. The summed E-state index contributed by atoms with van der Waals surface area (Å²) < 4.78 is 0. The van der Waals surface area contributed by atoms with Gasteiger partial charge in [0.1, 0.15) is 10.7 Å². The van der Waals surface area contributed by atoms with Crippen LogP contribution in [0.4, 0.5) is 0 Å². The van der Waals surface area contributed by atoms with Crippen LogP contribution in [-0.4, -0.2) is 15.0 Å². The predicted molar refractivity (Wildman–Crippen MR) is 113 cm³/mol. The van der Waals surface area contributed by atoms with Crippen molar-refractivity contribution in [3.63, 3.8) is 0 Å². The molecule has 0 unspecified atom stereocenters. The van der Waals surface area contributed by atoms with Crippen LogP contribution >= 0.6 is 23.1 Å². The largest absolute Gasteiger partial charge is 0.309 e. The van der Waals surface area contributed by atoms with Gasteiger partial charge in [-0.15, -0.1) is 11.3 Å². The molecule has 3 heterocycles. The van der Waals surface area contributed by atoms with Crippen molar-refractivity contribution in [3.05, 3.63) is 62.5 Å². The van der Waals surface area contributed by atoms with E-state index in [1.165, 1.54) is 34.2 Å². The van der Waals surface area contributed by atoms with Crippen molar-refractivity contribution in [2.24, 2.45) is 0 Å². The Morgan fingerprint density at radius 2 is 2.04 bits per heavy atom. The highest BCUT2D eigenvalue weighted by molar-refractivity contribution is 7.98. The minimum absolute atomic E-state index is 0.0117. The molecule has 6 heteroatoms. The number of nitrogens with one attached hydrogen (secondary N) is 1. The van der Waals surface area contributed by atoms with Crippen molar-refractivity contribution in [2.75, 3.05) is 0 Å². The number of nitrogens with zero attached hydrogens (tertiary/aromatic N) is 2. The zero-order chi connectivity index (χ0) is 18.4. The molecule has 0 fully saturated rings. The van der Waals surface area contributed by atoms with Gasteiger partial charge in [0, 0.05) is 10.3 Å². The molecule has 0 amide bonds. The topological polar surface area (TPSA) is 58.6 Å². The lowest BCUT2D eigenvalue weighted by atomic mass is 9.97. The molecular weight excluding hydrogens is 374 g/mol. The molecule has 5 rings (SSSR count). The maximum absolute atomic E-state index is 12.7. The molecule has 1 aromatic carbocycles. The van der Waals surface area contributed by atoms with E-state index in [1.807, 2.05) is 18.2 Å². The monoisotopic (exact) mass is 393 g/mol. The van der Waals surface area contributed by atoms with E-state index in [9.17, 15) is 4.79 Å². The number of hydrogen-bond donors (Lipinski definition) is 1. The third-order valence-corrected chi connectivity index (χ3v) is 7.24. The molecule has 0 atom stereocenters. The number of H-pyrrole nitrogens is 1. The summed E-state index contributed by atoms with van der Waals surface area (Å²) in [5, 5.41) is 2.96. The molecule has 1 aliphatic carbocycles. The van der Waals surface area contributed by atoms with Gasteiger partial charge in [-0.25, -0.2) is 9.97 Å². The highest BCUT2D eigenvalue weighted by Crippen LogP contribution is 2.34. The Kier molecular flexibility index (Phi) is 4.25.